The molecule has 2 aromatic carbocycles. The number of nitrogens with one attached hydrogen (secondary N) is 1. The molecule has 0 radical (unpaired) electrons. The number of para-hydroxylation sites is 1. The topological polar surface area (TPSA) is 90.1 Å². The minimum atomic E-state index is -0.181. The predicted octanol–water partition coefficient (Wildman–Crippen LogP) is 5.39. The van der Waals surface area contributed by atoms with Gasteiger partial charge in [0, 0.05) is 23.4 Å². The zero-order chi connectivity index (χ0) is 19.3. The molecule has 0 aliphatic heterocycles. The number of furan rings is 1. The van der Waals surface area contributed by atoms with E-state index >= 15 is 0 Å². The number of halogens is 1. The quantitative estimate of drug-likeness (QED) is 0.429. The second kappa shape index (κ2) is 6.43. The van der Waals surface area contributed by atoms with E-state index in [0.717, 1.165) is 10.1 Å². The molecule has 0 atom stereocenters. The van der Waals surface area contributed by atoms with Crippen LogP contribution < -0.4 is 10.1 Å². The average Bonchev–Trinajstić information content (AvgIpc) is 3.22. The van der Waals surface area contributed by atoms with E-state index in [1.54, 1.807) is 18.2 Å². The molecule has 0 aliphatic rings. The summed E-state index contributed by atoms with van der Waals surface area (Å²) in [5, 5.41) is 4.59. The maximum atomic E-state index is 11.3. The minimum Gasteiger partial charge on any atom is -0.449 e. The van der Waals surface area contributed by atoms with E-state index in [1.165, 1.54) is 24.6 Å². The van der Waals surface area contributed by atoms with Gasteiger partial charge in [-0.05, 0) is 24.3 Å². The van der Waals surface area contributed by atoms with E-state index in [4.69, 9.17) is 20.8 Å². The van der Waals surface area contributed by atoms with Crippen molar-refractivity contribution in [3.63, 3.8) is 0 Å². The van der Waals surface area contributed by atoms with Gasteiger partial charge in [-0.2, -0.15) is 4.98 Å². The Morgan fingerprint density at radius 1 is 1.21 bits per heavy atom. The lowest BCUT2D eigenvalue weighted by Gasteiger charge is -2.05. The number of thiazole rings is 1. The Morgan fingerprint density at radius 2 is 2.11 bits per heavy atom. The summed E-state index contributed by atoms with van der Waals surface area (Å²) in [4.78, 5) is 24.3. The van der Waals surface area contributed by atoms with Crippen molar-refractivity contribution in [2.45, 2.75) is 6.92 Å². The zero-order valence-corrected chi connectivity index (χ0v) is 16.0. The van der Waals surface area contributed by atoms with Crippen LogP contribution in [0.15, 0.2) is 47.1 Å². The van der Waals surface area contributed by atoms with Gasteiger partial charge < -0.3 is 14.5 Å². The van der Waals surface area contributed by atoms with Gasteiger partial charge in [0.25, 0.3) is 5.88 Å². The van der Waals surface area contributed by atoms with Gasteiger partial charge in [-0.15, -0.1) is 0 Å². The molecule has 5 rings (SSSR count). The maximum Gasteiger partial charge on any atom is 0.267 e. The number of rotatable bonds is 3. The first-order valence-electron chi connectivity index (χ1n) is 8.26. The molecular formula is C19H11ClN4O3S. The van der Waals surface area contributed by atoms with E-state index in [9.17, 15) is 4.79 Å². The molecule has 1 amide bonds. The number of fused-ring (bicyclic) bond motifs is 4. The summed E-state index contributed by atoms with van der Waals surface area (Å²) in [6, 6.07) is 10.9. The summed E-state index contributed by atoms with van der Waals surface area (Å²) in [7, 11) is 0. The van der Waals surface area contributed by atoms with Gasteiger partial charge in [-0.25, -0.2) is 9.97 Å². The molecule has 5 aromatic rings. The number of nitrogens with zero attached hydrogens (tertiary/aromatic N) is 3. The molecular weight excluding hydrogens is 400 g/mol. The van der Waals surface area contributed by atoms with E-state index in [2.05, 4.69) is 20.3 Å². The number of benzene rings is 2. The third-order valence-corrected chi connectivity index (χ3v) is 5.22. The molecule has 0 spiro atoms. The van der Waals surface area contributed by atoms with Crippen LogP contribution in [0, 0.1) is 0 Å². The van der Waals surface area contributed by atoms with Crippen LogP contribution >= 0.6 is 22.9 Å². The number of hydrogen-bond acceptors (Lipinski definition) is 7. The number of anilines is 1. The number of ether oxygens (including phenoxy) is 1. The van der Waals surface area contributed by atoms with Gasteiger partial charge >= 0.3 is 0 Å². The number of carbonyl (C=O) groups excluding carboxylic acids is 1. The second-order valence-corrected chi connectivity index (χ2v) is 7.47. The van der Waals surface area contributed by atoms with Crippen LogP contribution in [0.4, 0.5) is 5.13 Å². The van der Waals surface area contributed by atoms with Gasteiger partial charge in [0.05, 0.1) is 4.70 Å². The third-order valence-electron chi connectivity index (χ3n) is 4.05. The standard InChI is InChI=1S/C19H11ClN4O3S/c1-9(25)23-19-24-16-12(3-2-4-14(16)28-19)27-18-17-15(21-8-22-18)11-6-5-10(20)7-13(11)26-17/h2-8H,1H3,(H,23,24,25). The minimum absolute atomic E-state index is 0.181. The first kappa shape index (κ1) is 16.9. The monoisotopic (exact) mass is 410 g/mol. The molecule has 1 N–H and O–H groups in total. The molecule has 0 saturated carbocycles. The Bertz CT molecular complexity index is 1380. The smallest absolute Gasteiger partial charge is 0.267 e. The lowest BCUT2D eigenvalue weighted by Crippen LogP contribution is -2.04. The predicted molar refractivity (Wildman–Crippen MR) is 108 cm³/mol. The average molecular weight is 411 g/mol. The fraction of sp³-hybridized carbons (Fsp3) is 0.0526. The van der Waals surface area contributed by atoms with Crippen molar-refractivity contribution in [2.75, 3.05) is 5.32 Å². The summed E-state index contributed by atoms with van der Waals surface area (Å²) >= 11 is 7.42. The molecule has 138 valence electrons. The van der Waals surface area contributed by atoms with Gasteiger partial charge in [0.15, 0.2) is 10.9 Å². The summed E-state index contributed by atoms with van der Waals surface area (Å²) in [5.41, 5.74) is 2.30. The van der Waals surface area contributed by atoms with Crippen LogP contribution in [0.25, 0.3) is 32.3 Å². The summed E-state index contributed by atoms with van der Waals surface area (Å²) in [6.45, 7) is 1.44. The summed E-state index contributed by atoms with van der Waals surface area (Å²) in [6.07, 6.45) is 1.42. The normalized spacial score (nSPS) is 11.4. The van der Waals surface area contributed by atoms with E-state index in [0.29, 0.717) is 38.1 Å². The molecule has 28 heavy (non-hydrogen) atoms. The van der Waals surface area contributed by atoms with Gasteiger partial charge in [-0.1, -0.05) is 29.0 Å². The lowest BCUT2D eigenvalue weighted by atomic mass is 10.2. The van der Waals surface area contributed by atoms with Gasteiger partial charge in [0.1, 0.15) is 22.9 Å². The van der Waals surface area contributed by atoms with Crippen LogP contribution in [0.2, 0.25) is 5.02 Å². The number of aromatic nitrogens is 3. The van der Waals surface area contributed by atoms with Crippen molar-refractivity contribution in [1.29, 1.82) is 0 Å². The van der Waals surface area contributed by atoms with Crippen molar-refractivity contribution < 1.29 is 13.9 Å². The highest BCUT2D eigenvalue weighted by atomic mass is 35.5. The van der Waals surface area contributed by atoms with Crippen LogP contribution in [-0.2, 0) is 4.79 Å². The second-order valence-electron chi connectivity index (χ2n) is 6.00. The van der Waals surface area contributed by atoms with Gasteiger partial charge in [0.2, 0.25) is 11.5 Å². The first-order chi connectivity index (χ1) is 13.6. The van der Waals surface area contributed by atoms with E-state index in [-0.39, 0.29) is 11.8 Å². The third kappa shape index (κ3) is 2.83. The molecule has 0 unspecified atom stereocenters. The van der Waals surface area contributed by atoms with Crippen LogP contribution in [0.3, 0.4) is 0 Å². The molecule has 0 bridgehead atoms. The highest BCUT2D eigenvalue weighted by Gasteiger charge is 2.17. The molecule has 0 aliphatic carbocycles. The lowest BCUT2D eigenvalue weighted by molar-refractivity contribution is -0.114. The Balaban J connectivity index is 1.63. The molecule has 0 saturated heterocycles. The van der Waals surface area contributed by atoms with E-state index < -0.39 is 0 Å². The van der Waals surface area contributed by atoms with Crippen molar-refractivity contribution in [3.05, 3.63) is 47.7 Å². The fourth-order valence-corrected chi connectivity index (χ4v) is 4.01. The maximum absolute atomic E-state index is 11.3. The van der Waals surface area contributed by atoms with Crippen molar-refractivity contribution in [1.82, 2.24) is 15.0 Å². The largest absolute Gasteiger partial charge is 0.449 e. The van der Waals surface area contributed by atoms with Crippen molar-refractivity contribution >= 4 is 66.3 Å². The zero-order valence-electron chi connectivity index (χ0n) is 14.4. The van der Waals surface area contributed by atoms with Crippen LogP contribution in [0.1, 0.15) is 6.92 Å². The Labute approximate surface area is 166 Å². The molecule has 9 heteroatoms. The van der Waals surface area contributed by atoms with E-state index in [1.807, 2.05) is 18.2 Å². The Kier molecular flexibility index (Phi) is 3.88. The summed E-state index contributed by atoms with van der Waals surface area (Å²) < 4.78 is 12.8. The number of amides is 1. The van der Waals surface area contributed by atoms with Crippen molar-refractivity contribution in [2.24, 2.45) is 0 Å². The van der Waals surface area contributed by atoms with Gasteiger partial charge in [-0.3, -0.25) is 4.79 Å². The SMILES string of the molecule is CC(=O)Nc1nc2c(Oc3ncnc4c3oc3cc(Cl)ccc34)cccc2s1. The number of hydrogen-bond donors (Lipinski definition) is 1. The van der Waals surface area contributed by atoms with Crippen LogP contribution in [0.5, 0.6) is 11.6 Å². The number of carbonyl (C=O) groups is 1. The first-order valence-corrected chi connectivity index (χ1v) is 9.46. The van der Waals surface area contributed by atoms with Crippen LogP contribution in [-0.4, -0.2) is 20.9 Å². The summed E-state index contributed by atoms with van der Waals surface area (Å²) in [5.74, 6) is 0.600. The highest BCUT2D eigenvalue weighted by molar-refractivity contribution is 7.22. The Morgan fingerprint density at radius 3 is 2.96 bits per heavy atom. The fourth-order valence-electron chi connectivity index (χ4n) is 2.91. The van der Waals surface area contributed by atoms with Crippen molar-refractivity contribution in [3.8, 4) is 11.6 Å². The molecule has 0 fully saturated rings. The Hall–Kier alpha value is -3.23. The molecule has 3 aromatic heterocycles. The highest BCUT2D eigenvalue weighted by Crippen LogP contribution is 2.38. The molecule has 3 heterocycles. The molecule has 7 nitrogen and oxygen atoms in total.